The summed E-state index contributed by atoms with van der Waals surface area (Å²) in [5.41, 5.74) is 6.79. The summed E-state index contributed by atoms with van der Waals surface area (Å²) >= 11 is 1.52. The number of tetrazole rings is 1. The number of β-lactam (4-membered cyclic amide) rings is 1. The molecule has 10 heteroatoms. The van der Waals surface area contributed by atoms with Gasteiger partial charge in [-0.15, -0.1) is 22.0 Å². The number of fused-ring (bicyclic) bond motifs is 1. The maximum atomic E-state index is 12.3. The second-order valence-corrected chi connectivity index (χ2v) is 6.08. The van der Waals surface area contributed by atoms with E-state index >= 15 is 0 Å². The summed E-state index contributed by atoms with van der Waals surface area (Å²) in [7, 11) is 0. The van der Waals surface area contributed by atoms with Gasteiger partial charge in [-0.3, -0.25) is 9.69 Å². The number of amides is 1. The van der Waals surface area contributed by atoms with Crippen LogP contribution in [0.5, 0.6) is 0 Å². The van der Waals surface area contributed by atoms with Gasteiger partial charge in [-0.2, -0.15) is 4.80 Å². The Bertz CT molecular complexity index is 657. The van der Waals surface area contributed by atoms with Gasteiger partial charge in [-0.25, -0.2) is 4.79 Å². The molecule has 2 aliphatic heterocycles. The number of esters is 1. The van der Waals surface area contributed by atoms with Gasteiger partial charge in [0.05, 0.1) is 13.2 Å². The Morgan fingerprint density at radius 3 is 2.95 bits per heavy atom. The maximum absolute atomic E-state index is 12.3. The molecule has 118 valence electrons. The third-order valence-electron chi connectivity index (χ3n) is 3.44. The average Bonchev–Trinajstić information content (AvgIpc) is 2.91. The summed E-state index contributed by atoms with van der Waals surface area (Å²) in [5.74, 6) is 0.332. The maximum Gasteiger partial charge on any atom is 0.355 e. The van der Waals surface area contributed by atoms with Gasteiger partial charge in [0.15, 0.2) is 5.82 Å². The van der Waals surface area contributed by atoms with Crippen LogP contribution in [0, 0.1) is 6.92 Å². The second kappa shape index (κ2) is 5.69. The van der Waals surface area contributed by atoms with E-state index in [1.165, 1.54) is 21.5 Å². The molecule has 9 nitrogen and oxygen atoms in total. The fraction of sp³-hybridized carbons (Fsp3) is 0.583. The smallest absolute Gasteiger partial charge is 0.355 e. The molecule has 0 bridgehead atoms. The number of aryl methyl sites for hydroxylation is 1. The normalized spacial score (nSPS) is 24.1. The van der Waals surface area contributed by atoms with Gasteiger partial charge in [0, 0.05) is 5.75 Å². The van der Waals surface area contributed by atoms with E-state index in [1.807, 2.05) is 0 Å². The van der Waals surface area contributed by atoms with E-state index in [1.54, 1.807) is 13.8 Å². The molecule has 0 aromatic carbocycles. The molecule has 1 fully saturated rings. The zero-order valence-corrected chi connectivity index (χ0v) is 13.0. The van der Waals surface area contributed by atoms with Crippen molar-refractivity contribution in [1.29, 1.82) is 0 Å². The Labute approximate surface area is 130 Å². The van der Waals surface area contributed by atoms with Crippen molar-refractivity contribution in [2.45, 2.75) is 31.8 Å². The zero-order chi connectivity index (χ0) is 15.9. The van der Waals surface area contributed by atoms with E-state index in [9.17, 15) is 9.59 Å². The minimum atomic E-state index is -0.567. The topological polar surface area (TPSA) is 116 Å². The van der Waals surface area contributed by atoms with E-state index in [2.05, 4.69) is 15.4 Å². The molecule has 2 N–H and O–H groups in total. The van der Waals surface area contributed by atoms with Gasteiger partial charge in [-0.05, 0) is 24.6 Å². The van der Waals surface area contributed by atoms with Crippen molar-refractivity contribution < 1.29 is 14.3 Å². The summed E-state index contributed by atoms with van der Waals surface area (Å²) in [6.07, 6.45) is 0. The molecule has 1 aromatic rings. The fourth-order valence-corrected chi connectivity index (χ4v) is 3.73. The lowest BCUT2D eigenvalue weighted by atomic mass is 10.0. The molecular formula is C12H16N6O3S. The molecule has 3 heterocycles. The second-order valence-electron chi connectivity index (χ2n) is 4.98. The Hall–Kier alpha value is -1.94. The molecule has 0 spiro atoms. The van der Waals surface area contributed by atoms with E-state index in [-0.39, 0.29) is 30.1 Å². The number of ether oxygens (including phenoxy) is 1. The number of hydrogen-bond donors (Lipinski definition) is 1. The van der Waals surface area contributed by atoms with Gasteiger partial charge in [0.1, 0.15) is 17.1 Å². The number of carbonyl (C=O) groups excluding carboxylic acids is 2. The molecule has 1 amide bonds. The van der Waals surface area contributed by atoms with Crippen LogP contribution in [0.4, 0.5) is 0 Å². The summed E-state index contributed by atoms with van der Waals surface area (Å²) < 4.78 is 5.08. The molecule has 0 saturated carbocycles. The van der Waals surface area contributed by atoms with Crippen molar-refractivity contribution in [3.63, 3.8) is 0 Å². The number of hydrogen-bond acceptors (Lipinski definition) is 8. The monoisotopic (exact) mass is 324 g/mol. The van der Waals surface area contributed by atoms with Crippen LogP contribution in [-0.4, -0.2) is 60.8 Å². The molecule has 0 radical (unpaired) electrons. The molecule has 22 heavy (non-hydrogen) atoms. The van der Waals surface area contributed by atoms with Crippen molar-refractivity contribution in [2.24, 2.45) is 5.73 Å². The van der Waals surface area contributed by atoms with Crippen molar-refractivity contribution in [2.75, 3.05) is 12.4 Å². The van der Waals surface area contributed by atoms with Crippen LogP contribution >= 0.6 is 11.8 Å². The quantitative estimate of drug-likeness (QED) is 0.556. The first-order chi connectivity index (χ1) is 10.5. The molecule has 2 aliphatic rings. The van der Waals surface area contributed by atoms with E-state index in [4.69, 9.17) is 10.5 Å². The largest absolute Gasteiger partial charge is 0.461 e. The molecule has 1 saturated heterocycles. The molecule has 0 aliphatic carbocycles. The van der Waals surface area contributed by atoms with Gasteiger partial charge < -0.3 is 10.5 Å². The summed E-state index contributed by atoms with van der Waals surface area (Å²) in [6.45, 7) is 3.98. The highest BCUT2D eigenvalue weighted by Crippen LogP contribution is 2.40. The highest BCUT2D eigenvalue weighted by Gasteiger charge is 2.52. The van der Waals surface area contributed by atoms with E-state index in [0.29, 0.717) is 11.6 Å². The first-order valence-corrected chi connectivity index (χ1v) is 7.91. The van der Waals surface area contributed by atoms with Crippen molar-refractivity contribution in [3.05, 3.63) is 17.1 Å². The Morgan fingerprint density at radius 1 is 1.55 bits per heavy atom. The molecular weight excluding hydrogens is 308 g/mol. The molecule has 2 atom stereocenters. The van der Waals surface area contributed by atoms with Crippen molar-refractivity contribution in [1.82, 2.24) is 25.1 Å². The zero-order valence-electron chi connectivity index (χ0n) is 12.2. The van der Waals surface area contributed by atoms with Crippen molar-refractivity contribution in [3.8, 4) is 0 Å². The first kappa shape index (κ1) is 15.0. The molecule has 1 unspecified atom stereocenters. The Kier molecular flexibility index (Phi) is 3.87. The summed E-state index contributed by atoms with van der Waals surface area (Å²) in [4.78, 5) is 27.1. The number of nitrogens with zero attached hydrogens (tertiary/aromatic N) is 5. The number of rotatable bonds is 4. The van der Waals surface area contributed by atoms with Crippen molar-refractivity contribution >= 4 is 23.6 Å². The van der Waals surface area contributed by atoms with Crippen LogP contribution in [0.3, 0.4) is 0 Å². The Balaban J connectivity index is 1.94. The predicted octanol–water partition coefficient (Wildman–Crippen LogP) is -0.959. The van der Waals surface area contributed by atoms with Gasteiger partial charge in [0.25, 0.3) is 0 Å². The lowest BCUT2D eigenvalue weighted by molar-refractivity contribution is -0.150. The fourth-order valence-electron chi connectivity index (χ4n) is 2.45. The number of thioether (sulfide) groups is 1. The van der Waals surface area contributed by atoms with Crippen LogP contribution in [0.25, 0.3) is 0 Å². The lowest BCUT2D eigenvalue weighted by Gasteiger charge is -2.48. The van der Waals surface area contributed by atoms with Gasteiger partial charge in [0.2, 0.25) is 5.91 Å². The number of nitrogens with two attached hydrogens (primary N) is 1. The van der Waals surface area contributed by atoms with Gasteiger partial charge >= 0.3 is 5.97 Å². The highest BCUT2D eigenvalue weighted by molar-refractivity contribution is 8.00. The van der Waals surface area contributed by atoms with Crippen LogP contribution < -0.4 is 5.73 Å². The average molecular weight is 324 g/mol. The molecule has 3 rings (SSSR count). The van der Waals surface area contributed by atoms with Crippen LogP contribution in [0.2, 0.25) is 0 Å². The standard InChI is InChI=1S/C12H16N6O3S/c1-3-21-12(20)9-7(4-17-15-6(2)14-16-17)5-22-11-8(13)10(19)18(9)11/h8,11H,3-5,13H2,1-2H3/t8?,11-/m1/s1. The van der Waals surface area contributed by atoms with Gasteiger partial charge in [-0.1, -0.05) is 0 Å². The summed E-state index contributed by atoms with van der Waals surface area (Å²) in [6, 6.07) is -0.567. The van der Waals surface area contributed by atoms with Crippen LogP contribution in [-0.2, 0) is 20.9 Å². The number of aromatic nitrogens is 4. The lowest BCUT2D eigenvalue weighted by Crippen LogP contribution is -2.68. The minimum Gasteiger partial charge on any atom is -0.461 e. The van der Waals surface area contributed by atoms with E-state index in [0.717, 1.165) is 5.57 Å². The number of carbonyl (C=O) groups is 2. The van der Waals surface area contributed by atoms with Crippen LogP contribution in [0.1, 0.15) is 12.7 Å². The van der Waals surface area contributed by atoms with Crippen LogP contribution in [0.15, 0.2) is 11.3 Å². The van der Waals surface area contributed by atoms with E-state index < -0.39 is 12.0 Å². The highest BCUT2D eigenvalue weighted by atomic mass is 32.2. The minimum absolute atomic E-state index is 0.207. The SMILES string of the molecule is CCOC(=O)C1=C(Cn2nnc(C)n2)CS[C@@H]2C(N)C(=O)N12. The third-order valence-corrected chi connectivity index (χ3v) is 4.80. The first-order valence-electron chi connectivity index (χ1n) is 6.86. The third kappa shape index (κ3) is 2.37. The summed E-state index contributed by atoms with van der Waals surface area (Å²) in [5, 5.41) is 11.6. The Morgan fingerprint density at radius 2 is 2.32 bits per heavy atom. The predicted molar refractivity (Wildman–Crippen MR) is 77.3 cm³/mol. The molecule has 1 aromatic heterocycles.